The molecule has 0 unspecified atom stereocenters. The second kappa shape index (κ2) is 18.0. The van der Waals surface area contributed by atoms with Gasteiger partial charge in [0.05, 0.1) is 0 Å². The summed E-state index contributed by atoms with van der Waals surface area (Å²) in [5.74, 6) is 0.564. The van der Waals surface area contributed by atoms with Gasteiger partial charge in [-0.1, -0.05) is 36.0 Å². The maximum absolute atomic E-state index is 8.88. The highest BCUT2D eigenvalue weighted by Gasteiger charge is 2.00. The van der Waals surface area contributed by atoms with Crippen molar-refractivity contribution in [2.75, 3.05) is 23.7 Å². The molecule has 0 saturated heterocycles. The molecule has 2 aromatic rings. The number of aliphatic imine (C=N–C) groups is 4. The molecule has 0 spiro atoms. The Labute approximate surface area is 236 Å². The molecule has 39 heavy (non-hydrogen) atoms. The van der Waals surface area contributed by atoms with Crippen LogP contribution in [-0.4, -0.2) is 51.6 Å². The van der Waals surface area contributed by atoms with Crippen LogP contribution in [0, 0.1) is 0 Å². The van der Waals surface area contributed by atoms with Gasteiger partial charge in [0.1, 0.15) is 0 Å². The fourth-order valence-corrected chi connectivity index (χ4v) is 2.95. The van der Waals surface area contributed by atoms with E-state index in [2.05, 4.69) is 30.6 Å². The molecule has 17 heteroatoms. The van der Waals surface area contributed by atoms with Crippen molar-refractivity contribution in [3.8, 4) is 0 Å². The summed E-state index contributed by atoms with van der Waals surface area (Å²) in [7, 11) is -4.64. The summed E-state index contributed by atoms with van der Waals surface area (Å²) >= 11 is 11.7. The minimum Gasteiger partial charge on any atom is -0.369 e. The fourth-order valence-electron chi connectivity index (χ4n) is 2.70. The molecule has 0 bridgehead atoms. The van der Waals surface area contributed by atoms with Gasteiger partial charge in [0, 0.05) is 34.5 Å². The molecule has 0 aliphatic carbocycles. The van der Waals surface area contributed by atoms with Crippen molar-refractivity contribution in [2.45, 2.75) is 25.7 Å². The lowest BCUT2D eigenvalue weighted by atomic mass is 10.2. The normalized spacial score (nSPS) is 12.9. The first-order chi connectivity index (χ1) is 18.3. The number of guanidine groups is 4. The highest BCUT2D eigenvalue weighted by Crippen LogP contribution is 2.25. The van der Waals surface area contributed by atoms with Crippen LogP contribution in [0.5, 0.6) is 0 Å². The number of halogens is 2. The van der Waals surface area contributed by atoms with E-state index in [-0.39, 0.29) is 23.8 Å². The van der Waals surface area contributed by atoms with E-state index in [4.69, 9.17) is 65.4 Å². The molecule has 0 heterocycles. The minimum atomic E-state index is -4.64. The highest BCUT2D eigenvalue weighted by atomic mass is 35.5. The Balaban J connectivity index is 0.00000139. The smallest absolute Gasteiger partial charge is 0.369 e. The van der Waals surface area contributed by atoms with Gasteiger partial charge in [-0.2, -0.15) is 9.98 Å². The largest absolute Gasteiger partial charge is 0.466 e. The first kappa shape index (κ1) is 33.6. The van der Waals surface area contributed by atoms with Gasteiger partial charge in [-0.3, -0.25) is 9.98 Å². The molecule has 2 rings (SSSR count). The Morgan fingerprint density at radius 3 is 1.28 bits per heavy atom. The van der Waals surface area contributed by atoms with Gasteiger partial charge in [0.15, 0.2) is 0 Å². The topological polar surface area (TPSA) is 255 Å². The van der Waals surface area contributed by atoms with Gasteiger partial charge in [0.25, 0.3) is 0 Å². The number of phosphoric acid groups is 1. The van der Waals surface area contributed by atoms with E-state index in [1.54, 1.807) is 48.5 Å². The van der Waals surface area contributed by atoms with Crippen LogP contribution in [0.15, 0.2) is 68.5 Å². The van der Waals surface area contributed by atoms with Gasteiger partial charge in [-0.05, 0) is 61.4 Å². The summed E-state index contributed by atoms with van der Waals surface area (Å²) in [6, 6.07) is 14.1. The number of benzene rings is 2. The second-order valence-corrected chi connectivity index (χ2v) is 9.56. The summed E-state index contributed by atoms with van der Waals surface area (Å²) in [5, 5.41) is 7.11. The molecule has 0 fully saturated rings. The van der Waals surface area contributed by atoms with E-state index < -0.39 is 7.82 Å². The Morgan fingerprint density at radius 2 is 0.974 bits per heavy atom. The number of nitrogens with zero attached hydrogens (tertiary/aromatic N) is 4. The zero-order valence-corrected chi connectivity index (χ0v) is 23.3. The van der Waals surface area contributed by atoms with Crippen LogP contribution in [-0.2, 0) is 4.57 Å². The molecule has 13 N–H and O–H groups in total. The zero-order chi connectivity index (χ0) is 29.3. The number of nitrogens with one attached hydrogen (secondary N) is 2. The summed E-state index contributed by atoms with van der Waals surface area (Å²) < 4.78 is 8.88. The number of nitrogens with two attached hydrogens (primary N) is 4. The van der Waals surface area contributed by atoms with Gasteiger partial charge < -0.3 is 48.2 Å². The summed E-state index contributed by atoms with van der Waals surface area (Å²) in [6.45, 7) is 1.12. The van der Waals surface area contributed by atoms with Crippen LogP contribution in [0.1, 0.15) is 25.7 Å². The molecule has 0 amide bonds. The third-order valence-corrected chi connectivity index (χ3v) is 4.82. The molecule has 214 valence electrons. The van der Waals surface area contributed by atoms with Crippen molar-refractivity contribution in [1.82, 2.24) is 0 Å². The molecular weight excluding hydrogens is 570 g/mol. The summed E-state index contributed by atoms with van der Waals surface area (Å²) in [4.78, 5) is 38.0. The van der Waals surface area contributed by atoms with Crippen LogP contribution in [0.3, 0.4) is 0 Å². The predicted octanol–water partition coefficient (Wildman–Crippen LogP) is 2.41. The SMILES string of the molecule is NC(=NCCCCCCN=C(N)N=C(N)Nc1ccc(Cl)cc1)N=C(N)Nc1ccc(Cl)cc1.O=P(O)(O)O. The van der Waals surface area contributed by atoms with Crippen molar-refractivity contribution in [2.24, 2.45) is 42.9 Å². The molecule has 0 aromatic heterocycles. The van der Waals surface area contributed by atoms with Crippen molar-refractivity contribution in [1.29, 1.82) is 0 Å². The van der Waals surface area contributed by atoms with Crippen LogP contribution in [0.2, 0.25) is 10.0 Å². The van der Waals surface area contributed by atoms with Crippen LogP contribution >= 0.6 is 31.0 Å². The predicted molar refractivity (Wildman–Crippen MR) is 159 cm³/mol. The van der Waals surface area contributed by atoms with Crippen LogP contribution in [0.25, 0.3) is 0 Å². The van der Waals surface area contributed by atoms with Crippen molar-refractivity contribution in [3.63, 3.8) is 0 Å². The molecule has 0 aliphatic rings. The molecule has 14 nitrogen and oxygen atoms in total. The van der Waals surface area contributed by atoms with E-state index in [0.29, 0.717) is 23.1 Å². The summed E-state index contributed by atoms with van der Waals surface area (Å²) in [6.07, 6.45) is 3.68. The lowest BCUT2D eigenvalue weighted by Gasteiger charge is -2.05. The fraction of sp³-hybridized carbons (Fsp3) is 0.273. The maximum Gasteiger partial charge on any atom is 0.466 e. The van der Waals surface area contributed by atoms with Gasteiger partial charge in [-0.15, -0.1) is 0 Å². The Kier molecular flexibility index (Phi) is 15.5. The molecular formula is C22H33Cl2N10O4P. The molecule has 0 atom stereocenters. The molecule has 0 saturated carbocycles. The first-order valence-electron chi connectivity index (χ1n) is 11.4. The maximum atomic E-state index is 8.88. The second-order valence-electron chi connectivity index (χ2n) is 7.67. The van der Waals surface area contributed by atoms with E-state index in [1.165, 1.54) is 0 Å². The standard InChI is InChI=1S/C22H30Cl2N10.H3O4P/c23-15-5-9-17(10-6-15)31-21(27)33-19(25)29-13-3-1-2-4-14-30-20(26)34-22(28)32-18-11-7-16(24)8-12-18;1-5(2,3)4/h5-12H,1-4,13-14H2,(H5,25,27,29,31,33)(H5,26,28,30,32,34);(H3,1,2,3,4). The molecule has 0 radical (unpaired) electrons. The molecule has 0 aliphatic heterocycles. The Bertz CT molecular complexity index is 1090. The Hall–Kier alpha value is -3.39. The van der Waals surface area contributed by atoms with Gasteiger partial charge in [-0.25, -0.2) is 4.57 Å². The van der Waals surface area contributed by atoms with Crippen LogP contribution < -0.4 is 33.6 Å². The van der Waals surface area contributed by atoms with E-state index in [1.807, 2.05) is 0 Å². The van der Waals surface area contributed by atoms with Gasteiger partial charge in [0.2, 0.25) is 23.8 Å². The number of unbranched alkanes of at least 4 members (excludes halogenated alkanes) is 3. The highest BCUT2D eigenvalue weighted by molar-refractivity contribution is 7.45. The first-order valence-corrected chi connectivity index (χ1v) is 13.8. The van der Waals surface area contributed by atoms with Crippen molar-refractivity contribution >= 4 is 66.2 Å². The van der Waals surface area contributed by atoms with Gasteiger partial charge >= 0.3 is 7.82 Å². The van der Waals surface area contributed by atoms with Crippen LogP contribution in [0.4, 0.5) is 11.4 Å². The van der Waals surface area contributed by atoms with E-state index in [0.717, 1.165) is 37.1 Å². The quantitative estimate of drug-likeness (QED) is 0.0875. The van der Waals surface area contributed by atoms with E-state index in [9.17, 15) is 0 Å². The Morgan fingerprint density at radius 1 is 0.667 bits per heavy atom. The number of hydrogen-bond acceptors (Lipinski definition) is 3. The average molecular weight is 603 g/mol. The lowest BCUT2D eigenvalue weighted by molar-refractivity contribution is 0.275. The number of hydrogen-bond donors (Lipinski definition) is 9. The van der Waals surface area contributed by atoms with Crippen molar-refractivity contribution < 1.29 is 19.2 Å². The monoisotopic (exact) mass is 602 g/mol. The average Bonchev–Trinajstić information content (AvgIpc) is 2.82. The lowest BCUT2D eigenvalue weighted by Crippen LogP contribution is -2.26. The summed E-state index contributed by atoms with van der Waals surface area (Å²) in [5.41, 5.74) is 24.8. The number of rotatable bonds is 9. The third kappa shape index (κ3) is 19.4. The minimum absolute atomic E-state index is 0.124. The molecule has 2 aromatic carbocycles. The zero-order valence-electron chi connectivity index (χ0n) is 20.9. The third-order valence-electron chi connectivity index (χ3n) is 4.32. The van der Waals surface area contributed by atoms with Crippen molar-refractivity contribution in [3.05, 3.63) is 58.6 Å². The number of anilines is 2. The van der Waals surface area contributed by atoms with E-state index >= 15 is 0 Å².